The van der Waals surface area contributed by atoms with Gasteiger partial charge in [-0.15, -0.1) is 0 Å². The third-order valence-electron chi connectivity index (χ3n) is 6.42. The Labute approximate surface area is 211 Å². The monoisotopic (exact) mass is 511 g/mol. The van der Waals surface area contributed by atoms with E-state index in [1.54, 1.807) is 6.07 Å². The normalized spacial score (nSPS) is 17.2. The van der Waals surface area contributed by atoms with E-state index in [0.717, 1.165) is 34.2 Å². The second-order valence-electron chi connectivity index (χ2n) is 8.68. The summed E-state index contributed by atoms with van der Waals surface area (Å²) in [4.78, 5) is 39.3. The molecule has 3 aromatic rings. The highest BCUT2D eigenvalue weighted by molar-refractivity contribution is 5.88. The molecule has 1 unspecified atom stereocenters. The Morgan fingerprint density at radius 1 is 0.946 bits per heavy atom. The number of carbonyl (C=O) groups is 3. The van der Waals surface area contributed by atoms with Crippen molar-refractivity contribution < 1.29 is 32.3 Å². The number of hydrazine groups is 1. The standard InChI is InChI=1S/C27H24F3N3O4/c1-16(25(35)31-32(3)17(2)34)33-24(22-6-4-5-7-23(22)30)27(37-26(33)36,18-8-12-20(28)13-9-18)19-10-14-21(29)15-11-19/h4-16,24H,1-3H3,(H,31,35)/t16-,24?/m0/s1. The summed E-state index contributed by atoms with van der Waals surface area (Å²) in [6.07, 6.45) is -0.963. The Bertz CT molecular complexity index is 1290. The van der Waals surface area contributed by atoms with Crippen LogP contribution in [0.5, 0.6) is 0 Å². The van der Waals surface area contributed by atoms with E-state index in [0.29, 0.717) is 0 Å². The van der Waals surface area contributed by atoms with Gasteiger partial charge < -0.3 is 4.74 Å². The first kappa shape index (κ1) is 25.7. The first-order valence-electron chi connectivity index (χ1n) is 11.4. The minimum absolute atomic E-state index is 0.0153. The molecule has 2 atom stereocenters. The molecular weight excluding hydrogens is 487 g/mol. The third-order valence-corrected chi connectivity index (χ3v) is 6.42. The summed E-state index contributed by atoms with van der Waals surface area (Å²) in [5, 5.41) is 0.950. The van der Waals surface area contributed by atoms with Crippen molar-refractivity contribution in [1.29, 1.82) is 0 Å². The zero-order valence-corrected chi connectivity index (χ0v) is 20.2. The van der Waals surface area contributed by atoms with Crippen molar-refractivity contribution in [2.45, 2.75) is 31.5 Å². The second kappa shape index (κ2) is 9.96. The van der Waals surface area contributed by atoms with Gasteiger partial charge >= 0.3 is 6.09 Å². The average molecular weight is 512 g/mol. The summed E-state index contributed by atoms with van der Waals surface area (Å²) >= 11 is 0. The number of nitrogens with one attached hydrogen (secondary N) is 1. The van der Waals surface area contributed by atoms with Gasteiger partial charge in [0.1, 0.15) is 29.5 Å². The predicted molar refractivity (Wildman–Crippen MR) is 127 cm³/mol. The van der Waals surface area contributed by atoms with E-state index in [4.69, 9.17) is 4.74 Å². The minimum Gasteiger partial charge on any atom is -0.430 e. The van der Waals surface area contributed by atoms with Crippen LogP contribution >= 0.6 is 0 Å². The Morgan fingerprint density at radius 2 is 1.46 bits per heavy atom. The molecule has 1 fully saturated rings. The smallest absolute Gasteiger partial charge is 0.412 e. The van der Waals surface area contributed by atoms with E-state index in [2.05, 4.69) is 5.43 Å². The van der Waals surface area contributed by atoms with Crippen LogP contribution in [0.3, 0.4) is 0 Å². The van der Waals surface area contributed by atoms with Crippen LogP contribution in [-0.2, 0) is 19.9 Å². The Balaban J connectivity index is 1.96. The fourth-order valence-electron chi connectivity index (χ4n) is 4.45. The van der Waals surface area contributed by atoms with Crippen LogP contribution in [-0.4, -0.2) is 40.9 Å². The average Bonchev–Trinajstić information content (AvgIpc) is 3.17. The van der Waals surface area contributed by atoms with Gasteiger partial charge in [-0.25, -0.2) is 18.0 Å². The van der Waals surface area contributed by atoms with Gasteiger partial charge in [0.25, 0.3) is 5.91 Å². The zero-order chi connectivity index (χ0) is 26.9. The summed E-state index contributed by atoms with van der Waals surface area (Å²) in [6, 6.07) is 13.3. The fraction of sp³-hybridized carbons (Fsp3) is 0.222. The number of rotatable bonds is 5. The van der Waals surface area contributed by atoms with Gasteiger partial charge in [-0.3, -0.25) is 24.9 Å². The highest BCUT2D eigenvalue weighted by atomic mass is 19.1. The van der Waals surface area contributed by atoms with Gasteiger partial charge in [0, 0.05) is 30.7 Å². The lowest BCUT2D eigenvalue weighted by Crippen LogP contribution is -2.53. The highest BCUT2D eigenvalue weighted by Crippen LogP contribution is 2.53. The van der Waals surface area contributed by atoms with Crippen LogP contribution < -0.4 is 5.43 Å². The summed E-state index contributed by atoms with van der Waals surface area (Å²) in [5.74, 6) is -2.98. The lowest BCUT2D eigenvalue weighted by molar-refractivity contribution is -0.140. The molecule has 1 saturated heterocycles. The third kappa shape index (κ3) is 4.62. The zero-order valence-electron chi connectivity index (χ0n) is 20.2. The number of carbonyl (C=O) groups excluding carboxylic acids is 3. The molecule has 7 nitrogen and oxygen atoms in total. The van der Waals surface area contributed by atoms with Gasteiger partial charge in [-0.2, -0.15) is 0 Å². The van der Waals surface area contributed by atoms with E-state index in [9.17, 15) is 23.2 Å². The summed E-state index contributed by atoms with van der Waals surface area (Å²) in [7, 11) is 1.34. The molecule has 1 aliphatic heterocycles. The van der Waals surface area contributed by atoms with Crippen molar-refractivity contribution in [3.8, 4) is 0 Å². The maximum atomic E-state index is 15.4. The number of nitrogens with zero attached hydrogens (tertiary/aromatic N) is 2. The molecule has 0 saturated carbocycles. The maximum absolute atomic E-state index is 15.4. The van der Waals surface area contributed by atoms with E-state index >= 15 is 4.39 Å². The molecule has 1 N–H and O–H groups in total. The molecule has 3 aromatic carbocycles. The number of ether oxygens (including phenoxy) is 1. The fourth-order valence-corrected chi connectivity index (χ4v) is 4.45. The van der Waals surface area contributed by atoms with E-state index < -0.39 is 53.0 Å². The van der Waals surface area contributed by atoms with E-state index in [1.807, 2.05) is 0 Å². The highest BCUT2D eigenvalue weighted by Gasteiger charge is 2.59. The second-order valence-corrected chi connectivity index (χ2v) is 8.68. The molecule has 0 aliphatic carbocycles. The molecule has 0 spiro atoms. The van der Waals surface area contributed by atoms with Gasteiger partial charge in [-0.1, -0.05) is 42.5 Å². The minimum atomic E-state index is -1.79. The Hall–Kier alpha value is -4.34. The van der Waals surface area contributed by atoms with Crippen molar-refractivity contribution in [3.05, 3.63) is 107 Å². The summed E-state index contributed by atoms with van der Waals surface area (Å²) in [5.41, 5.74) is 1.16. The van der Waals surface area contributed by atoms with Crippen molar-refractivity contribution in [1.82, 2.24) is 15.3 Å². The van der Waals surface area contributed by atoms with E-state index in [1.165, 1.54) is 63.4 Å². The van der Waals surface area contributed by atoms with Crippen LogP contribution in [0.25, 0.3) is 0 Å². The maximum Gasteiger partial charge on any atom is 0.412 e. The van der Waals surface area contributed by atoms with Crippen LogP contribution in [0.4, 0.5) is 18.0 Å². The van der Waals surface area contributed by atoms with Gasteiger partial charge in [-0.05, 0) is 37.3 Å². The molecule has 1 aliphatic rings. The molecule has 0 aromatic heterocycles. The van der Waals surface area contributed by atoms with Crippen LogP contribution in [0.2, 0.25) is 0 Å². The molecule has 0 radical (unpaired) electrons. The van der Waals surface area contributed by atoms with Gasteiger partial charge in [0.15, 0.2) is 5.60 Å². The van der Waals surface area contributed by atoms with Crippen LogP contribution in [0, 0.1) is 17.5 Å². The largest absolute Gasteiger partial charge is 0.430 e. The molecular formula is C27H24F3N3O4. The Kier molecular flexibility index (Phi) is 6.93. The summed E-state index contributed by atoms with van der Waals surface area (Å²) < 4.78 is 49.1. The lowest BCUT2D eigenvalue weighted by Gasteiger charge is -2.37. The molecule has 37 heavy (non-hydrogen) atoms. The van der Waals surface area contributed by atoms with Crippen molar-refractivity contribution in [2.24, 2.45) is 0 Å². The van der Waals surface area contributed by atoms with Crippen molar-refractivity contribution in [2.75, 3.05) is 7.05 Å². The molecule has 1 heterocycles. The number of hydrogen-bond acceptors (Lipinski definition) is 4. The SMILES string of the molecule is CC(=O)N(C)NC(=O)[C@H](C)N1C(=O)OC(c2ccc(F)cc2)(c2ccc(F)cc2)C1c1ccccc1F. The van der Waals surface area contributed by atoms with Gasteiger partial charge in [0.05, 0.1) is 0 Å². The number of cyclic esters (lactones) is 1. The van der Waals surface area contributed by atoms with E-state index in [-0.39, 0.29) is 16.7 Å². The molecule has 192 valence electrons. The molecule has 3 amide bonds. The number of halogens is 3. The molecule has 4 rings (SSSR count). The number of amides is 3. The topological polar surface area (TPSA) is 79.0 Å². The van der Waals surface area contributed by atoms with Crippen molar-refractivity contribution in [3.63, 3.8) is 0 Å². The van der Waals surface area contributed by atoms with Crippen LogP contribution in [0.15, 0.2) is 72.8 Å². The Morgan fingerprint density at radius 3 is 1.95 bits per heavy atom. The first-order valence-corrected chi connectivity index (χ1v) is 11.4. The van der Waals surface area contributed by atoms with Crippen molar-refractivity contribution >= 4 is 17.9 Å². The van der Waals surface area contributed by atoms with Crippen LogP contribution in [0.1, 0.15) is 36.6 Å². The number of benzene rings is 3. The summed E-state index contributed by atoms with van der Waals surface area (Å²) in [6.45, 7) is 2.65. The molecule has 0 bridgehead atoms. The predicted octanol–water partition coefficient (Wildman–Crippen LogP) is 4.44. The molecule has 10 heteroatoms. The lowest BCUT2D eigenvalue weighted by atomic mass is 9.76. The quantitative estimate of drug-likeness (QED) is 0.514. The number of hydrogen-bond donors (Lipinski definition) is 1. The van der Waals surface area contributed by atoms with Gasteiger partial charge in [0.2, 0.25) is 5.91 Å². The first-order chi connectivity index (χ1) is 17.6.